The third kappa shape index (κ3) is 2.25. The molecule has 1 aromatic carbocycles. The average Bonchev–Trinajstić information content (AvgIpc) is 2.27. The molecule has 3 nitrogen and oxygen atoms in total. The van der Waals surface area contributed by atoms with Crippen molar-refractivity contribution in [3.63, 3.8) is 0 Å². The van der Waals surface area contributed by atoms with Crippen molar-refractivity contribution in [3.8, 4) is 0 Å². The highest BCUT2D eigenvalue weighted by Crippen LogP contribution is 2.30. The Kier molecular flexibility index (Phi) is 3.39. The highest BCUT2D eigenvalue weighted by molar-refractivity contribution is 9.10. The monoisotopic (exact) mass is 307 g/mol. The Morgan fingerprint density at radius 2 is 2.00 bits per heavy atom. The van der Waals surface area contributed by atoms with Gasteiger partial charge < -0.3 is 5.11 Å². The predicted octanol–water partition coefficient (Wildman–Crippen LogP) is 4.13. The summed E-state index contributed by atoms with van der Waals surface area (Å²) in [6.07, 6.45) is 0. The standard InChI is InChI=1S/C14H14BrNO2/c1-7(2)10-5-9(15)6-11-12(14(17)18)4-8(3)16-13(10)11/h4-7H,1-3H3,(H,17,18). The molecule has 0 aliphatic rings. The van der Waals surface area contributed by atoms with E-state index < -0.39 is 5.97 Å². The van der Waals surface area contributed by atoms with Crippen LogP contribution in [0.3, 0.4) is 0 Å². The van der Waals surface area contributed by atoms with Crippen molar-refractivity contribution in [3.05, 3.63) is 39.5 Å². The Bertz CT molecular complexity index is 635. The summed E-state index contributed by atoms with van der Waals surface area (Å²) in [7, 11) is 0. The summed E-state index contributed by atoms with van der Waals surface area (Å²) in [6, 6.07) is 5.43. The van der Waals surface area contributed by atoms with Gasteiger partial charge in [0.1, 0.15) is 0 Å². The molecular formula is C14H14BrNO2. The van der Waals surface area contributed by atoms with Crippen LogP contribution in [0, 0.1) is 6.92 Å². The van der Waals surface area contributed by atoms with Gasteiger partial charge >= 0.3 is 5.97 Å². The molecule has 4 heteroatoms. The summed E-state index contributed by atoms with van der Waals surface area (Å²) in [5.74, 6) is -0.626. The molecule has 0 aliphatic heterocycles. The number of rotatable bonds is 2. The van der Waals surface area contributed by atoms with Crippen molar-refractivity contribution in [1.29, 1.82) is 0 Å². The number of carboxylic acid groups (broad SMARTS) is 1. The van der Waals surface area contributed by atoms with Crippen molar-refractivity contribution in [2.24, 2.45) is 0 Å². The number of aromatic carboxylic acids is 1. The molecule has 2 aromatic rings. The lowest BCUT2D eigenvalue weighted by Crippen LogP contribution is -2.02. The molecule has 0 fully saturated rings. The van der Waals surface area contributed by atoms with E-state index in [1.54, 1.807) is 6.07 Å². The maximum Gasteiger partial charge on any atom is 0.336 e. The van der Waals surface area contributed by atoms with Crippen LogP contribution < -0.4 is 0 Å². The minimum Gasteiger partial charge on any atom is -0.478 e. The van der Waals surface area contributed by atoms with Crippen LogP contribution in [-0.2, 0) is 0 Å². The van der Waals surface area contributed by atoms with Crippen LogP contribution >= 0.6 is 15.9 Å². The Balaban J connectivity index is 2.94. The molecule has 0 saturated heterocycles. The number of aryl methyl sites for hydroxylation is 1. The van der Waals surface area contributed by atoms with E-state index >= 15 is 0 Å². The third-order valence-electron chi connectivity index (χ3n) is 2.89. The number of carbonyl (C=O) groups is 1. The van der Waals surface area contributed by atoms with E-state index in [4.69, 9.17) is 0 Å². The fraction of sp³-hybridized carbons (Fsp3) is 0.286. The highest BCUT2D eigenvalue weighted by atomic mass is 79.9. The van der Waals surface area contributed by atoms with E-state index in [0.29, 0.717) is 16.9 Å². The lowest BCUT2D eigenvalue weighted by molar-refractivity contribution is 0.0699. The predicted molar refractivity (Wildman–Crippen MR) is 75.2 cm³/mol. The first-order valence-electron chi connectivity index (χ1n) is 5.74. The molecule has 1 aromatic heterocycles. The van der Waals surface area contributed by atoms with Crippen molar-refractivity contribution in [2.75, 3.05) is 0 Å². The van der Waals surface area contributed by atoms with E-state index in [2.05, 4.69) is 34.8 Å². The summed E-state index contributed by atoms with van der Waals surface area (Å²) in [5, 5.41) is 9.97. The second kappa shape index (κ2) is 4.69. The van der Waals surface area contributed by atoms with E-state index in [0.717, 1.165) is 21.2 Å². The van der Waals surface area contributed by atoms with Crippen LogP contribution in [0.25, 0.3) is 10.9 Å². The molecule has 0 saturated carbocycles. The molecule has 0 unspecified atom stereocenters. The maximum absolute atomic E-state index is 11.3. The average molecular weight is 308 g/mol. The Hall–Kier alpha value is -1.42. The number of hydrogen-bond acceptors (Lipinski definition) is 2. The van der Waals surface area contributed by atoms with Crippen molar-refractivity contribution < 1.29 is 9.90 Å². The highest BCUT2D eigenvalue weighted by Gasteiger charge is 2.15. The molecule has 0 radical (unpaired) electrons. The zero-order valence-electron chi connectivity index (χ0n) is 10.5. The Labute approximate surface area is 114 Å². The number of halogens is 1. The Morgan fingerprint density at radius 3 is 2.56 bits per heavy atom. The number of carboxylic acids is 1. The van der Waals surface area contributed by atoms with Crippen molar-refractivity contribution >= 4 is 32.8 Å². The summed E-state index contributed by atoms with van der Waals surface area (Å²) in [4.78, 5) is 15.8. The Morgan fingerprint density at radius 1 is 1.33 bits per heavy atom. The van der Waals surface area contributed by atoms with E-state index in [1.807, 2.05) is 19.1 Å². The summed E-state index contributed by atoms with van der Waals surface area (Å²) >= 11 is 3.43. The van der Waals surface area contributed by atoms with Gasteiger partial charge in [0.25, 0.3) is 0 Å². The normalized spacial score (nSPS) is 11.2. The molecule has 0 amide bonds. The van der Waals surface area contributed by atoms with E-state index in [-0.39, 0.29) is 0 Å². The van der Waals surface area contributed by atoms with Gasteiger partial charge in [-0.2, -0.15) is 0 Å². The zero-order valence-corrected chi connectivity index (χ0v) is 12.1. The molecule has 18 heavy (non-hydrogen) atoms. The van der Waals surface area contributed by atoms with Gasteiger partial charge in [0.15, 0.2) is 0 Å². The van der Waals surface area contributed by atoms with Crippen LogP contribution in [0.2, 0.25) is 0 Å². The van der Waals surface area contributed by atoms with Gasteiger partial charge in [0.2, 0.25) is 0 Å². The van der Waals surface area contributed by atoms with Crippen molar-refractivity contribution in [2.45, 2.75) is 26.7 Å². The summed E-state index contributed by atoms with van der Waals surface area (Å²) < 4.78 is 0.881. The number of fused-ring (bicyclic) bond motifs is 1. The molecule has 1 N–H and O–H groups in total. The number of nitrogens with zero attached hydrogens (tertiary/aromatic N) is 1. The van der Waals surface area contributed by atoms with Crippen molar-refractivity contribution in [1.82, 2.24) is 4.98 Å². The van der Waals surface area contributed by atoms with Gasteiger partial charge in [0.05, 0.1) is 11.1 Å². The minimum atomic E-state index is -0.918. The lowest BCUT2D eigenvalue weighted by Gasteiger charge is -2.12. The first kappa shape index (κ1) is 13.0. The van der Waals surface area contributed by atoms with Gasteiger partial charge in [-0.05, 0) is 36.6 Å². The molecule has 0 aliphatic carbocycles. The van der Waals surface area contributed by atoms with Crippen LogP contribution in [0.5, 0.6) is 0 Å². The fourth-order valence-electron chi connectivity index (χ4n) is 2.06. The van der Waals surface area contributed by atoms with E-state index in [1.165, 1.54) is 0 Å². The number of pyridine rings is 1. The van der Waals surface area contributed by atoms with Gasteiger partial charge in [-0.25, -0.2) is 4.79 Å². The number of benzene rings is 1. The molecule has 0 bridgehead atoms. The maximum atomic E-state index is 11.3. The topological polar surface area (TPSA) is 50.2 Å². The van der Waals surface area contributed by atoms with Crippen LogP contribution in [0.4, 0.5) is 0 Å². The lowest BCUT2D eigenvalue weighted by atomic mass is 9.97. The molecule has 2 rings (SSSR count). The zero-order chi connectivity index (χ0) is 13.4. The molecule has 0 spiro atoms. The third-order valence-corrected chi connectivity index (χ3v) is 3.35. The summed E-state index contributed by atoms with van der Waals surface area (Å²) in [5.41, 5.74) is 2.88. The first-order chi connectivity index (χ1) is 8.40. The minimum absolute atomic E-state index is 0.293. The smallest absolute Gasteiger partial charge is 0.336 e. The second-order valence-electron chi connectivity index (χ2n) is 4.66. The number of aromatic nitrogens is 1. The second-order valence-corrected chi connectivity index (χ2v) is 5.58. The SMILES string of the molecule is Cc1cc(C(=O)O)c2cc(Br)cc(C(C)C)c2n1. The molecule has 0 atom stereocenters. The fourth-order valence-corrected chi connectivity index (χ4v) is 2.54. The quantitative estimate of drug-likeness (QED) is 0.907. The largest absolute Gasteiger partial charge is 0.478 e. The molecule has 94 valence electrons. The van der Waals surface area contributed by atoms with E-state index in [9.17, 15) is 9.90 Å². The van der Waals surface area contributed by atoms with Gasteiger partial charge in [-0.3, -0.25) is 4.98 Å². The van der Waals surface area contributed by atoms with Gasteiger partial charge in [0, 0.05) is 15.6 Å². The van der Waals surface area contributed by atoms with Gasteiger partial charge in [-0.15, -0.1) is 0 Å². The van der Waals surface area contributed by atoms with Crippen LogP contribution in [0.1, 0.15) is 41.4 Å². The molecule has 1 heterocycles. The van der Waals surface area contributed by atoms with Crippen LogP contribution in [-0.4, -0.2) is 16.1 Å². The number of hydrogen-bond donors (Lipinski definition) is 1. The first-order valence-corrected chi connectivity index (χ1v) is 6.53. The van der Waals surface area contributed by atoms with Crippen LogP contribution in [0.15, 0.2) is 22.7 Å². The summed E-state index contributed by atoms with van der Waals surface area (Å²) in [6.45, 7) is 5.97. The molecular weight excluding hydrogens is 294 g/mol. The van der Waals surface area contributed by atoms with Gasteiger partial charge in [-0.1, -0.05) is 29.8 Å².